The fourth-order valence-electron chi connectivity index (χ4n) is 2.91. The smallest absolute Gasteiger partial charge is 0.321 e. The number of carboxylic acid groups (broad SMARTS) is 2. The molecule has 1 fully saturated rings. The molecule has 2 unspecified atom stereocenters. The van der Waals surface area contributed by atoms with Crippen LogP contribution in [-0.2, 0) is 9.59 Å². The average molecular weight is 210 g/mol. The highest BCUT2D eigenvalue weighted by atomic mass is 16.4. The first-order valence-electron chi connectivity index (χ1n) is 5.23. The summed E-state index contributed by atoms with van der Waals surface area (Å²) in [5.74, 6) is -2.66. The number of fused-ring (bicyclic) bond motifs is 1. The number of hydrogen-bond donors (Lipinski definition) is 2. The molecule has 4 nitrogen and oxygen atoms in total. The molecule has 0 radical (unpaired) electrons. The summed E-state index contributed by atoms with van der Waals surface area (Å²) >= 11 is 0. The highest BCUT2D eigenvalue weighted by molar-refractivity contribution is 6.02. The minimum Gasteiger partial charge on any atom is -0.480 e. The second kappa shape index (κ2) is 3.36. The number of carbonyl (C=O) groups is 2. The lowest BCUT2D eigenvalue weighted by molar-refractivity contribution is -0.158. The molecule has 15 heavy (non-hydrogen) atoms. The molecule has 2 aliphatic carbocycles. The van der Waals surface area contributed by atoms with Crippen LogP contribution in [0.1, 0.15) is 25.7 Å². The minimum atomic E-state index is -1.48. The van der Waals surface area contributed by atoms with Crippen LogP contribution in [0.4, 0.5) is 0 Å². The standard InChI is InChI=1S/C11H14O4/c12-9(13)11(10(14)15)7-5-3-1-2-4-6-8(7)11/h1-2,7-8H,3-6H2,(H,12,13)(H,14,15). The Hall–Kier alpha value is -1.32. The van der Waals surface area contributed by atoms with Gasteiger partial charge in [0.25, 0.3) is 0 Å². The molecule has 0 saturated heterocycles. The summed E-state index contributed by atoms with van der Waals surface area (Å²) in [4.78, 5) is 22.2. The first kappa shape index (κ1) is 10.2. The molecule has 2 aliphatic rings. The van der Waals surface area contributed by atoms with Gasteiger partial charge >= 0.3 is 11.9 Å². The zero-order chi connectivity index (χ0) is 11.1. The van der Waals surface area contributed by atoms with Crippen LogP contribution >= 0.6 is 0 Å². The van der Waals surface area contributed by atoms with Crippen LogP contribution < -0.4 is 0 Å². The first-order valence-corrected chi connectivity index (χ1v) is 5.23. The number of rotatable bonds is 2. The van der Waals surface area contributed by atoms with Crippen molar-refractivity contribution in [1.29, 1.82) is 0 Å². The summed E-state index contributed by atoms with van der Waals surface area (Å²) in [5.41, 5.74) is -1.48. The van der Waals surface area contributed by atoms with Gasteiger partial charge < -0.3 is 10.2 Å². The molecule has 0 amide bonds. The lowest BCUT2D eigenvalue weighted by atomic mass is 10.0. The van der Waals surface area contributed by atoms with Crippen molar-refractivity contribution < 1.29 is 19.8 Å². The number of carboxylic acids is 2. The number of allylic oxidation sites excluding steroid dienone is 2. The zero-order valence-electron chi connectivity index (χ0n) is 8.35. The van der Waals surface area contributed by atoms with E-state index in [9.17, 15) is 9.59 Å². The molecule has 2 rings (SSSR count). The van der Waals surface area contributed by atoms with Crippen molar-refractivity contribution in [2.75, 3.05) is 0 Å². The van der Waals surface area contributed by atoms with E-state index in [0.29, 0.717) is 12.8 Å². The first-order chi connectivity index (χ1) is 7.11. The summed E-state index contributed by atoms with van der Waals surface area (Å²) in [6, 6.07) is 0. The van der Waals surface area contributed by atoms with Gasteiger partial charge in [-0.2, -0.15) is 0 Å². The molecule has 2 N–H and O–H groups in total. The maximum absolute atomic E-state index is 11.1. The van der Waals surface area contributed by atoms with Gasteiger partial charge in [0.1, 0.15) is 0 Å². The Kier molecular flexibility index (Phi) is 2.29. The van der Waals surface area contributed by atoms with E-state index in [2.05, 4.69) is 0 Å². The summed E-state index contributed by atoms with van der Waals surface area (Å²) in [6.45, 7) is 0. The van der Waals surface area contributed by atoms with Gasteiger partial charge in [0.05, 0.1) is 0 Å². The van der Waals surface area contributed by atoms with E-state index in [1.807, 2.05) is 12.2 Å². The van der Waals surface area contributed by atoms with Crippen LogP contribution in [-0.4, -0.2) is 22.2 Å². The van der Waals surface area contributed by atoms with E-state index in [4.69, 9.17) is 10.2 Å². The summed E-state index contributed by atoms with van der Waals surface area (Å²) in [7, 11) is 0. The molecule has 4 heteroatoms. The maximum Gasteiger partial charge on any atom is 0.321 e. The monoisotopic (exact) mass is 210 g/mol. The van der Waals surface area contributed by atoms with Gasteiger partial charge in [-0.3, -0.25) is 9.59 Å². The Morgan fingerprint density at radius 2 is 1.40 bits per heavy atom. The van der Waals surface area contributed by atoms with Crippen molar-refractivity contribution in [2.45, 2.75) is 25.7 Å². The van der Waals surface area contributed by atoms with Crippen molar-refractivity contribution in [3.05, 3.63) is 12.2 Å². The average Bonchev–Trinajstić information content (AvgIpc) is 2.72. The fourth-order valence-corrected chi connectivity index (χ4v) is 2.91. The third-order valence-corrected chi connectivity index (χ3v) is 3.71. The second-order valence-corrected chi connectivity index (χ2v) is 4.32. The van der Waals surface area contributed by atoms with Gasteiger partial charge in [-0.1, -0.05) is 12.2 Å². The van der Waals surface area contributed by atoms with Crippen molar-refractivity contribution in [3.63, 3.8) is 0 Å². The molecular weight excluding hydrogens is 196 g/mol. The molecule has 0 aromatic heterocycles. The maximum atomic E-state index is 11.1. The van der Waals surface area contributed by atoms with Crippen LogP contribution in [0, 0.1) is 17.3 Å². The predicted octanol–water partition coefficient (Wildman–Crippen LogP) is 1.52. The molecule has 2 atom stereocenters. The van der Waals surface area contributed by atoms with Gasteiger partial charge in [0.2, 0.25) is 0 Å². The molecule has 1 saturated carbocycles. The molecule has 0 bridgehead atoms. The lowest BCUT2D eigenvalue weighted by Gasteiger charge is -2.05. The van der Waals surface area contributed by atoms with Crippen LogP contribution in [0.3, 0.4) is 0 Å². The van der Waals surface area contributed by atoms with Gasteiger partial charge in [-0.05, 0) is 37.5 Å². The molecule has 0 aromatic carbocycles. The quantitative estimate of drug-likeness (QED) is 0.535. The Bertz CT molecular complexity index is 299. The summed E-state index contributed by atoms with van der Waals surface area (Å²) < 4.78 is 0. The summed E-state index contributed by atoms with van der Waals surface area (Å²) in [5, 5.41) is 18.2. The lowest BCUT2D eigenvalue weighted by Crippen LogP contribution is -2.29. The predicted molar refractivity (Wildman–Crippen MR) is 52.3 cm³/mol. The van der Waals surface area contributed by atoms with Gasteiger partial charge in [-0.15, -0.1) is 0 Å². The Morgan fingerprint density at radius 3 is 1.73 bits per heavy atom. The molecule has 0 spiro atoms. The van der Waals surface area contributed by atoms with Crippen molar-refractivity contribution >= 4 is 11.9 Å². The van der Waals surface area contributed by atoms with E-state index < -0.39 is 17.4 Å². The van der Waals surface area contributed by atoms with Crippen LogP contribution in [0.25, 0.3) is 0 Å². The van der Waals surface area contributed by atoms with E-state index in [0.717, 1.165) is 12.8 Å². The second-order valence-electron chi connectivity index (χ2n) is 4.32. The SMILES string of the molecule is O=C(O)C1(C(=O)O)C2CCC=CCCC21. The van der Waals surface area contributed by atoms with Crippen molar-refractivity contribution in [1.82, 2.24) is 0 Å². The third-order valence-electron chi connectivity index (χ3n) is 3.71. The normalized spacial score (nSPS) is 32.3. The number of aliphatic carboxylic acids is 2. The van der Waals surface area contributed by atoms with Crippen LogP contribution in [0.15, 0.2) is 12.2 Å². The van der Waals surface area contributed by atoms with E-state index in [1.54, 1.807) is 0 Å². The van der Waals surface area contributed by atoms with E-state index in [1.165, 1.54) is 0 Å². The topological polar surface area (TPSA) is 74.6 Å². The van der Waals surface area contributed by atoms with Crippen LogP contribution in [0.5, 0.6) is 0 Å². The minimum absolute atomic E-state index is 0.169. The van der Waals surface area contributed by atoms with E-state index in [-0.39, 0.29) is 11.8 Å². The fraction of sp³-hybridized carbons (Fsp3) is 0.636. The Balaban J connectivity index is 2.24. The molecule has 0 heterocycles. The van der Waals surface area contributed by atoms with Crippen molar-refractivity contribution in [2.24, 2.45) is 17.3 Å². The summed E-state index contributed by atoms with van der Waals surface area (Å²) in [6.07, 6.45) is 6.98. The zero-order valence-corrected chi connectivity index (χ0v) is 8.35. The molecule has 0 aliphatic heterocycles. The third kappa shape index (κ3) is 1.28. The number of hydrogen-bond acceptors (Lipinski definition) is 2. The van der Waals surface area contributed by atoms with E-state index >= 15 is 0 Å². The Labute approximate surface area is 87.6 Å². The van der Waals surface area contributed by atoms with Gasteiger partial charge in [0.15, 0.2) is 5.41 Å². The highest BCUT2D eigenvalue weighted by Gasteiger charge is 2.74. The van der Waals surface area contributed by atoms with Crippen molar-refractivity contribution in [3.8, 4) is 0 Å². The molecule has 0 aromatic rings. The van der Waals surface area contributed by atoms with Gasteiger partial charge in [-0.25, -0.2) is 0 Å². The largest absolute Gasteiger partial charge is 0.480 e. The van der Waals surface area contributed by atoms with Crippen LogP contribution in [0.2, 0.25) is 0 Å². The Morgan fingerprint density at radius 1 is 1.00 bits per heavy atom. The van der Waals surface area contributed by atoms with Gasteiger partial charge in [0, 0.05) is 0 Å². The molecular formula is C11H14O4. The molecule has 82 valence electrons. The highest BCUT2D eigenvalue weighted by Crippen LogP contribution is 2.63.